The van der Waals surface area contributed by atoms with Crippen molar-refractivity contribution in [1.82, 2.24) is 10.2 Å². The standard InChI is InChI=1S/C14H22N2O2/c1-11-7-12(9-13(8-11)18-4)10-15-14(17)5-6-16(2)3/h7-9H,5-6,10H2,1-4H3,(H,15,17). The maximum Gasteiger partial charge on any atom is 0.221 e. The van der Waals surface area contributed by atoms with Crippen LogP contribution in [-0.4, -0.2) is 38.6 Å². The van der Waals surface area contributed by atoms with Gasteiger partial charge in [0.05, 0.1) is 7.11 Å². The molecule has 1 N–H and O–H groups in total. The lowest BCUT2D eigenvalue weighted by Gasteiger charge is -2.10. The number of hydrogen-bond donors (Lipinski definition) is 1. The van der Waals surface area contributed by atoms with Crippen molar-refractivity contribution in [1.29, 1.82) is 0 Å². The van der Waals surface area contributed by atoms with E-state index in [0.717, 1.165) is 23.4 Å². The van der Waals surface area contributed by atoms with Crippen molar-refractivity contribution in [2.24, 2.45) is 0 Å². The summed E-state index contributed by atoms with van der Waals surface area (Å²) in [6.07, 6.45) is 0.524. The summed E-state index contributed by atoms with van der Waals surface area (Å²) in [5.41, 5.74) is 2.19. The predicted octanol–water partition coefficient (Wildman–Crippen LogP) is 1.57. The normalized spacial score (nSPS) is 10.5. The van der Waals surface area contributed by atoms with Gasteiger partial charge in [-0.25, -0.2) is 0 Å². The highest BCUT2D eigenvalue weighted by atomic mass is 16.5. The first-order valence-corrected chi connectivity index (χ1v) is 6.07. The van der Waals surface area contributed by atoms with Crippen LogP contribution in [0.15, 0.2) is 18.2 Å². The Bertz CT molecular complexity index is 403. The third kappa shape index (κ3) is 5.19. The number of nitrogens with one attached hydrogen (secondary N) is 1. The van der Waals surface area contributed by atoms with Crippen LogP contribution in [-0.2, 0) is 11.3 Å². The highest BCUT2D eigenvalue weighted by Gasteiger charge is 2.03. The van der Waals surface area contributed by atoms with E-state index in [9.17, 15) is 4.79 Å². The van der Waals surface area contributed by atoms with Crippen molar-refractivity contribution < 1.29 is 9.53 Å². The number of carbonyl (C=O) groups excluding carboxylic acids is 1. The van der Waals surface area contributed by atoms with Crippen LogP contribution < -0.4 is 10.1 Å². The van der Waals surface area contributed by atoms with Crippen molar-refractivity contribution in [3.8, 4) is 5.75 Å². The molecule has 0 radical (unpaired) electrons. The summed E-state index contributed by atoms with van der Waals surface area (Å²) in [5.74, 6) is 0.900. The molecule has 0 aliphatic carbocycles. The number of methoxy groups -OCH3 is 1. The van der Waals surface area contributed by atoms with Gasteiger partial charge in [0.25, 0.3) is 0 Å². The van der Waals surface area contributed by atoms with Gasteiger partial charge in [0.15, 0.2) is 0 Å². The smallest absolute Gasteiger partial charge is 0.221 e. The Kier molecular flexibility index (Phi) is 5.65. The highest BCUT2D eigenvalue weighted by Crippen LogP contribution is 2.16. The number of carbonyl (C=O) groups is 1. The molecule has 0 aliphatic rings. The minimum atomic E-state index is 0.0733. The SMILES string of the molecule is COc1cc(C)cc(CNC(=O)CCN(C)C)c1. The number of nitrogens with zero attached hydrogens (tertiary/aromatic N) is 1. The van der Waals surface area contributed by atoms with E-state index in [1.165, 1.54) is 0 Å². The Morgan fingerprint density at radius 3 is 2.67 bits per heavy atom. The molecule has 0 atom stereocenters. The molecule has 4 nitrogen and oxygen atoms in total. The van der Waals surface area contributed by atoms with Crippen LogP contribution in [0.25, 0.3) is 0 Å². The summed E-state index contributed by atoms with van der Waals surface area (Å²) in [4.78, 5) is 13.6. The van der Waals surface area contributed by atoms with Gasteiger partial charge in [0.2, 0.25) is 5.91 Å². The van der Waals surface area contributed by atoms with E-state index in [4.69, 9.17) is 4.74 Å². The lowest BCUT2D eigenvalue weighted by Crippen LogP contribution is -2.26. The van der Waals surface area contributed by atoms with Crippen LogP contribution in [0.3, 0.4) is 0 Å². The maximum absolute atomic E-state index is 11.6. The molecule has 18 heavy (non-hydrogen) atoms. The quantitative estimate of drug-likeness (QED) is 0.833. The fraction of sp³-hybridized carbons (Fsp3) is 0.500. The molecule has 1 aromatic carbocycles. The van der Waals surface area contributed by atoms with Crippen LogP contribution in [0.5, 0.6) is 5.75 Å². The summed E-state index contributed by atoms with van der Waals surface area (Å²) in [6, 6.07) is 5.96. The van der Waals surface area contributed by atoms with E-state index in [1.807, 2.05) is 38.1 Å². The van der Waals surface area contributed by atoms with Gasteiger partial charge in [-0.05, 0) is 44.3 Å². The minimum absolute atomic E-state index is 0.0733. The largest absolute Gasteiger partial charge is 0.497 e. The number of aryl methyl sites for hydroxylation is 1. The van der Waals surface area contributed by atoms with Crippen molar-refractivity contribution in [2.45, 2.75) is 19.9 Å². The van der Waals surface area contributed by atoms with Crippen LogP contribution in [0.4, 0.5) is 0 Å². The summed E-state index contributed by atoms with van der Waals surface area (Å²) >= 11 is 0. The number of hydrogen-bond acceptors (Lipinski definition) is 3. The molecule has 0 aromatic heterocycles. The lowest BCUT2D eigenvalue weighted by atomic mass is 10.1. The molecule has 100 valence electrons. The van der Waals surface area contributed by atoms with Crippen molar-refractivity contribution in [3.05, 3.63) is 29.3 Å². The topological polar surface area (TPSA) is 41.6 Å². The predicted molar refractivity (Wildman–Crippen MR) is 72.7 cm³/mol. The van der Waals surface area contributed by atoms with Gasteiger partial charge in [-0.3, -0.25) is 4.79 Å². The molecule has 1 aromatic rings. The number of ether oxygens (including phenoxy) is 1. The van der Waals surface area contributed by atoms with Crippen LogP contribution in [0, 0.1) is 6.92 Å². The lowest BCUT2D eigenvalue weighted by molar-refractivity contribution is -0.121. The van der Waals surface area contributed by atoms with Gasteiger partial charge in [-0.2, -0.15) is 0 Å². The number of benzene rings is 1. The first-order valence-electron chi connectivity index (χ1n) is 6.07. The fourth-order valence-electron chi connectivity index (χ4n) is 1.66. The summed E-state index contributed by atoms with van der Waals surface area (Å²) in [7, 11) is 5.56. The molecule has 0 bridgehead atoms. The monoisotopic (exact) mass is 250 g/mol. The van der Waals surface area contributed by atoms with Gasteiger partial charge >= 0.3 is 0 Å². The molecule has 0 heterocycles. The van der Waals surface area contributed by atoms with E-state index >= 15 is 0 Å². The van der Waals surface area contributed by atoms with Crippen LogP contribution >= 0.6 is 0 Å². The average Bonchev–Trinajstić information content (AvgIpc) is 2.33. The second-order valence-corrected chi connectivity index (χ2v) is 4.69. The van der Waals surface area contributed by atoms with Crippen molar-refractivity contribution >= 4 is 5.91 Å². The molecule has 0 spiro atoms. The molecule has 0 saturated carbocycles. The van der Waals surface area contributed by atoms with E-state index in [-0.39, 0.29) is 5.91 Å². The molecule has 4 heteroatoms. The first-order chi connectivity index (χ1) is 8.51. The van der Waals surface area contributed by atoms with E-state index in [1.54, 1.807) is 7.11 Å². The van der Waals surface area contributed by atoms with E-state index in [0.29, 0.717) is 13.0 Å². The zero-order chi connectivity index (χ0) is 13.5. The molecule has 0 aliphatic heterocycles. The zero-order valence-electron chi connectivity index (χ0n) is 11.6. The average molecular weight is 250 g/mol. The van der Waals surface area contributed by atoms with Gasteiger partial charge in [-0.15, -0.1) is 0 Å². The summed E-state index contributed by atoms with van der Waals surface area (Å²) < 4.78 is 5.20. The van der Waals surface area contributed by atoms with Crippen LogP contribution in [0.1, 0.15) is 17.5 Å². The second-order valence-electron chi connectivity index (χ2n) is 4.69. The summed E-state index contributed by atoms with van der Waals surface area (Å²) in [5, 5.41) is 2.91. The Morgan fingerprint density at radius 2 is 2.06 bits per heavy atom. The molecular weight excluding hydrogens is 228 g/mol. The number of rotatable bonds is 6. The minimum Gasteiger partial charge on any atom is -0.497 e. The van der Waals surface area contributed by atoms with Gasteiger partial charge < -0.3 is 15.0 Å². The molecule has 0 fully saturated rings. The van der Waals surface area contributed by atoms with Gasteiger partial charge in [0, 0.05) is 19.5 Å². The first kappa shape index (κ1) is 14.5. The fourth-order valence-corrected chi connectivity index (χ4v) is 1.66. The zero-order valence-corrected chi connectivity index (χ0v) is 11.6. The van der Waals surface area contributed by atoms with Gasteiger partial charge in [0.1, 0.15) is 5.75 Å². The Hall–Kier alpha value is -1.55. The van der Waals surface area contributed by atoms with Crippen LogP contribution in [0.2, 0.25) is 0 Å². The molecular formula is C14H22N2O2. The van der Waals surface area contributed by atoms with E-state index < -0.39 is 0 Å². The molecule has 1 amide bonds. The Labute approximate surface area is 109 Å². The number of amides is 1. The maximum atomic E-state index is 11.6. The Morgan fingerprint density at radius 1 is 1.33 bits per heavy atom. The van der Waals surface area contributed by atoms with Crippen molar-refractivity contribution in [3.63, 3.8) is 0 Å². The van der Waals surface area contributed by atoms with Gasteiger partial charge in [-0.1, -0.05) is 6.07 Å². The molecule has 1 rings (SSSR count). The third-order valence-corrected chi connectivity index (χ3v) is 2.62. The van der Waals surface area contributed by atoms with Crippen molar-refractivity contribution in [2.75, 3.05) is 27.7 Å². The summed E-state index contributed by atoms with van der Waals surface area (Å²) in [6.45, 7) is 3.33. The van der Waals surface area contributed by atoms with E-state index in [2.05, 4.69) is 11.4 Å². The molecule has 0 unspecified atom stereocenters. The second kappa shape index (κ2) is 7.01. The third-order valence-electron chi connectivity index (χ3n) is 2.62. The highest BCUT2D eigenvalue weighted by molar-refractivity contribution is 5.76. The Balaban J connectivity index is 2.47. The molecule has 0 saturated heterocycles.